The third kappa shape index (κ3) is 4.15. The van der Waals surface area contributed by atoms with Crippen molar-refractivity contribution in [2.45, 2.75) is 19.9 Å². The van der Waals surface area contributed by atoms with E-state index in [2.05, 4.69) is 10.6 Å². The molecule has 0 radical (unpaired) electrons. The first kappa shape index (κ1) is 15.8. The van der Waals surface area contributed by atoms with Crippen molar-refractivity contribution in [3.05, 3.63) is 23.8 Å². The molecule has 1 atom stereocenters. The zero-order chi connectivity index (χ0) is 15.1. The van der Waals surface area contributed by atoms with Crippen LogP contribution in [0.5, 0.6) is 11.5 Å². The fourth-order valence-electron chi connectivity index (χ4n) is 1.61. The molecule has 0 saturated heterocycles. The van der Waals surface area contributed by atoms with E-state index in [9.17, 15) is 9.59 Å². The number of hydrogen-bond donors (Lipinski definition) is 2. The molecule has 0 spiro atoms. The zero-order valence-corrected chi connectivity index (χ0v) is 12.1. The zero-order valence-electron chi connectivity index (χ0n) is 12.1. The number of likely N-dealkylation sites (N-methyl/N-ethyl adjacent to an activating group) is 1. The van der Waals surface area contributed by atoms with Crippen molar-refractivity contribution < 1.29 is 19.1 Å². The Kier molecular flexibility index (Phi) is 5.83. The molecule has 2 N–H and O–H groups in total. The van der Waals surface area contributed by atoms with E-state index in [-0.39, 0.29) is 11.8 Å². The van der Waals surface area contributed by atoms with Crippen LogP contribution in [0.3, 0.4) is 0 Å². The lowest BCUT2D eigenvalue weighted by molar-refractivity contribution is -0.122. The van der Waals surface area contributed by atoms with Gasteiger partial charge in [-0.25, -0.2) is 0 Å². The molecule has 0 bridgehead atoms. The number of nitrogens with one attached hydrogen (secondary N) is 2. The van der Waals surface area contributed by atoms with Gasteiger partial charge in [0.15, 0.2) is 0 Å². The standard InChI is InChI=1S/C14H20N2O4/c1-5-15-13(17)9(2)16-14(18)10-6-11(19-3)8-12(7-10)20-4/h6-9H,5H2,1-4H3,(H,15,17)(H,16,18)/t9-/m0/s1. The van der Waals surface area contributed by atoms with Crippen LogP contribution in [0, 0.1) is 0 Å². The second-order valence-electron chi connectivity index (χ2n) is 4.19. The van der Waals surface area contributed by atoms with Gasteiger partial charge in [0.05, 0.1) is 14.2 Å². The first-order valence-electron chi connectivity index (χ1n) is 6.33. The lowest BCUT2D eigenvalue weighted by Crippen LogP contribution is -2.44. The maximum absolute atomic E-state index is 12.1. The summed E-state index contributed by atoms with van der Waals surface area (Å²) in [7, 11) is 3.02. The average molecular weight is 280 g/mol. The molecule has 0 aliphatic heterocycles. The molecule has 0 saturated carbocycles. The summed E-state index contributed by atoms with van der Waals surface area (Å²) in [5.41, 5.74) is 0.373. The minimum Gasteiger partial charge on any atom is -0.497 e. The maximum Gasteiger partial charge on any atom is 0.252 e. The van der Waals surface area contributed by atoms with Gasteiger partial charge in [-0.3, -0.25) is 9.59 Å². The molecular formula is C14H20N2O4. The smallest absolute Gasteiger partial charge is 0.252 e. The normalized spacial score (nSPS) is 11.4. The lowest BCUT2D eigenvalue weighted by atomic mass is 10.1. The van der Waals surface area contributed by atoms with Gasteiger partial charge in [-0.05, 0) is 26.0 Å². The van der Waals surface area contributed by atoms with Crippen LogP contribution in [0.15, 0.2) is 18.2 Å². The SMILES string of the molecule is CCNC(=O)[C@H](C)NC(=O)c1cc(OC)cc(OC)c1. The Balaban J connectivity index is 2.84. The van der Waals surface area contributed by atoms with Crippen molar-refractivity contribution in [3.63, 3.8) is 0 Å². The Morgan fingerprint density at radius 2 is 1.70 bits per heavy atom. The van der Waals surface area contributed by atoms with Crippen LogP contribution in [-0.4, -0.2) is 38.6 Å². The van der Waals surface area contributed by atoms with Gasteiger partial charge >= 0.3 is 0 Å². The van der Waals surface area contributed by atoms with Crippen molar-refractivity contribution in [1.29, 1.82) is 0 Å². The first-order valence-corrected chi connectivity index (χ1v) is 6.33. The molecule has 0 fully saturated rings. The van der Waals surface area contributed by atoms with Crippen LogP contribution in [0.25, 0.3) is 0 Å². The van der Waals surface area contributed by atoms with Crippen molar-refractivity contribution in [1.82, 2.24) is 10.6 Å². The Morgan fingerprint density at radius 1 is 1.15 bits per heavy atom. The Hall–Kier alpha value is -2.24. The van der Waals surface area contributed by atoms with Crippen molar-refractivity contribution in [2.75, 3.05) is 20.8 Å². The van der Waals surface area contributed by atoms with Crippen LogP contribution in [0.4, 0.5) is 0 Å². The molecule has 110 valence electrons. The molecule has 1 rings (SSSR count). The molecule has 0 unspecified atom stereocenters. The molecule has 0 aliphatic rings. The molecule has 1 aromatic rings. The monoisotopic (exact) mass is 280 g/mol. The predicted molar refractivity (Wildman–Crippen MR) is 75.2 cm³/mol. The molecule has 1 aromatic carbocycles. The second kappa shape index (κ2) is 7.37. The minimum atomic E-state index is -0.611. The molecule has 20 heavy (non-hydrogen) atoms. The lowest BCUT2D eigenvalue weighted by Gasteiger charge is -2.14. The molecular weight excluding hydrogens is 260 g/mol. The Labute approximate surface area is 118 Å². The van der Waals surface area contributed by atoms with E-state index in [1.165, 1.54) is 14.2 Å². The van der Waals surface area contributed by atoms with E-state index in [0.29, 0.717) is 23.6 Å². The van der Waals surface area contributed by atoms with Gasteiger partial charge in [-0.15, -0.1) is 0 Å². The number of carbonyl (C=O) groups excluding carboxylic acids is 2. The summed E-state index contributed by atoms with van der Waals surface area (Å²) < 4.78 is 10.2. The maximum atomic E-state index is 12.1. The number of ether oxygens (including phenoxy) is 2. The van der Waals surface area contributed by atoms with Gasteiger partial charge in [-0.2, -0.15) is 0 Å². The summed E-state index contributed by atoms with van der Waals surface area (Å²) in [6.07, 6.45) is 0. The number of carbonyl (C=O) groups is 2. The number of hydrogen-bond acceptors (Lipinski definition) is 4. The van der Waals surface area contributed by atoms with Crippen LogP contribution >= 0.6 is 0 Å². The number of amides is 2. The van der Waals surface area contributed by atoms with Gasteiger partial charge in [0, 0.05) is 18.2 Å². The summed E-state index contributed by atoms with van der Waals surface area (Å²) in [5, 5.41) is 5.27. The third-order valence-electron chi connectivity index (χ3n) is 2.71. The molecule has 0 heterocycles. The highest BCUT2D eigenvalue weighted by atomic mass is 16.5. The van der Waals surface area contributed by atoms with Crippen LogP contribution in [-0.2, 0) is 4.79 Å². The van der Waals surface area contributed by atoms with Gasteiger partial charge in [0.25, 0.3) is 5.91 Å². The van der Waals surface area contributed by atoms with Gasteiger partial charge in [-0.1, -0.05) is 0 Å². The third-order valence-corrected chi connectivity index (χ3v) is 2.71. The highest BCUT2D eigenvalue weighted by Crippen LogP contribution is 2.22. The molecule has 0 aliphatic carbocycles. The highest BCUT2D eigenvalue weighted by molar-refractivity contribution is 5.98. The fraction of sp³-hybridized carbons (Fsp3) is 0.429. The highest BCUT2D eigenvalue weighted by Gasteiger charge is 2.17. The van der Waals surface area contributed by atoms with E-state index >= 15 is 0 Å². The van der Waals surface area contributed by atoms with E-state index in [1.54, 1.807) is 25.1 Å². The van der Waals surface area contributed by atoms with Crippen molar-refractivity contribution in [2.24, 2.45) is 0 Å². The van der Waals surface area contributed by atoms with E-state index in [0.717, 1.165) is 0 Å². The summed E-state index contributed by atoms with van der Waals surface area (Å²) in [4.78, 5) is 23.7. The quantitative estimate of drug-likeness (QED) is 0.813. The summed E-state index contributed by atoms with van der Waals surface area (Å²) in [6.45, 7) is 3.96. The van der Waals surface area contributed by atoms with Gasteiger partial charge in [0.2, 0.25) is 5.91 Å². The molecule has 2 amide bonds. The van der Waals surface area contributed by atoms with Gasteiger partial charge < -0.3 is 20.1 Å². The van der Waals surface area contributed by atoms with E-state index < -0.39 is 6.04 Å². The van der Waals surface area contributed by atoms with Crippen LogP contribution in [0.1, 0.15) is 24.2 Å². The van der Waals surface area contributed by atoms with Crippen LogP contribution < -0.4 is 20.1 Å². The molecule has 6 nitrogen and oxygen atoms in total. The molecule has 6 heteroatoms. The second-order valence-corrected chi connectivity index (χ2v) is 4.19. The largest absolute Gasteiger partial charge is 0.497 e. The van der Waals surface area contributed by atoms with Crippen LogP contribution in [0.2, 0.25) is 0 Å². The topological polar surface area (TPSA) is 76.7 Å². The predicted octanol–water partition coefficient (Wildman–Crippen LogP) is 0.958. The molecule has 0 aromatic heterocycles. The summed E-state index contributed by atoms with van der Waals surface area (Å²) in [5.74, 6) is 0.442. The first-order chi connectivity index (χ1) is 9.51. The Bertz CT molecular complexity index is 466. The van der Waals surface area contributed by atoms with E-state index in [4.69, 9.17) is 9.47 Å². The van der Waals surface area contributed by atoms with Crippen molar-refractivity contribution in [3.8, 4) is 11.5 Å². The minimum absolute atomic E-state index is 0.226. The number of methoxy groups -OCH3 is 2. The number of rotatable bonds is 6. The van der Waals surface area contributed by atoms with Crippen molar-refractivity contribution >= 4 is 11.8 Å². The van der Waals surface area contributed by atoms with E-state index in [1.807, 2.05) is 6.92 Å². The number of benzene rings is 1. The fourth-order valence-corrected chi connectivity index (χ4v) is 1.61. The summed E-state index contributed by atoms with van der Waals surface area (Å²) >= 11 is 0. The summed E-state index contributed by atoms with van der Waals surface area (Å²) in [6, 6.07) is 4.23. The average Bonchev–Trinajstić information content (AvgIpc) is 2.46. The van der Waals surface area contributed by atoms with Gasteiger partial charge in [0.1, 0.15) is 17.5 Å². The Morgan fingerprint density at radius 3 is 2.15 bits per heavy atom.